The number of aryl methyl sites for hydroxylation is 1. The van der Waals surface area contributed by atoms with Crippen LogP contribution in [-0.2, 0) is 6.54 Å². The van der Waals surface area contributed by atoms with Gasteiger partial charge < -0.3 is 4.74 Å². The number of nitrogens with zero attached hydrogens (tertiary/aromatic N) is 3. The number of ether oxygens (including phenoxy) is 1. The van der Waals surface area contributed by atoms with E-state index in [1.807, 2.05) is 35.8 Å². The van der Waals surface area contributed by atoms with Crippen molar-refractivity contribution in [3.8, 4) is 5.75 Å². The van der Waals surface area contributed by atoms with Crippen LogP contribution in [0.5, 0.6) is 5.75 Å². The SMILES string of the molecule is COc1cccc(Cn2c(C)nnc2Cl)c1. The fourth-order valence-electron chi connectivity index (χ4n) is 1.49. The maximum atomic E-state index is 5.93. The molecule has 0 aliphatic rings. The van der Waals surface area contributed by atoms with Gasteiger partial charge in [-0.3, -0.25) is 4.57 Å². The van der Waals surface area contributed by atoms with Gasteiger partial charge in [0.1, 0.15) is 11.6 Å². The summed E-state index contributed by atoms with van der Waals surface area (Å²) in [7, 11) is 1.65. The van der Waals surface area contributed by atoms with Crippen LogP contribution in [0.4, 0.5) is 0 Å². The lowest BCUT2D eigenvalue weighted by Crippen LogP contribution is -2.02. The van der Waals surface area contributed by atoms with Gasteiger partial charge in [-0.05, 0) is 36.2 Å². The van der Waals surface area contributed by atoms with Crippen LogP contribution in [0.2, 0.25) is 5.28 Å². The molecule has 0 saturated carbocycles. The van der Waals surface area contributed by atoms with Gasteiger partial charge in [0.15, 0.2) is 0 Å². The monoisotopic (exact) mass is 237 g/mol. The summed E-state index contributed by atoms with van der Waals surface area (Å²) in [6, 6.07) is 7.83. The fourth-order valence-corrected chi connectivity index (χ4v) is 1.71. The molecule has 0 spiro atoms. The van der Waals surface area contributed by atoms with Gasteiger partial charge in [-0.2, -0.15) is 0 Å². The Hall–Kier alpha value is -1.55. The molecule has 2 rings (SSSR count). The van der Waals surface area contributed by atoms with Crippen molar-refractivity contribution in [2.24, 2.45) is 0 Å². The minimum atomic E-state index is 0.403. The number of hydrogen-bond acceptors (Lipinski definition) is 3. The van der Waals surface area contributed by atoms with E-state index in [1.165, 1.54) is 0 Å². The van der Waals surface area contributed by atoms with Gasteiger partial charge in [0.05, 0.1) is 13.7 Å². The highest BCUT2D eigenvalue weighted by Gasteiger charge is 2.06. The van der Waals surface area contributed by atoms with Crippen LogP contribution in [0, 0.1) is 6.92 Å². The molecule has 16 heavy (non-hydrogen) atoms. The molecule has 0 bridgehead atoms. The highest BCUT2D eigenvalue weighted by atomic mass is 35.5. The predicted molar refractivity (Wildman–Crippen MR) is 61.9 cm³/mol. The maximum Gasteiger partial charge on any atom is 0.225 e. The molecule has 2 aromatic rings. The average molecular weight is 238 g/mol. The van der Waals surface area contributed by atoms with Crippen molar-refractivity contribution in [3.05, 3.63) is 40.9 Å². The lowest BCUT2D eigenvalue weighted by molar-refractivity contribution is 0.414. The van der Waals surface area contributed by atoms with Gasteiger partial charge in [-0.25, -0.2) is 0 Å². The number of aromatic nitrogens is 3. The second-order valence-electron chi connectivity index (χ2n) is 3.45. The zero-order valence-corrected chi connectivity index (χ0v) is 9.90. The number of methoxy groups -OCH3 is 1. The molecule has 0 aliphatic carbocycles. The van der Waals surface area contributed by atoms with E-state index in [2.05, 4.69) is 10.2 Å². The molecule has 0 radical (unpaired) electrons. The summed E-state index contributed by atoms with van der Waals surface area (Å²) in [6.45, 7) is 2.52. The third kappa shape index (κ3) is 2.17. The Morgan fingerprint density at radius 1 is 1.38 bits per heavy atom. The van der Waals surface area contributed by atoms with Crippen LogP contribution in [-0.4, -0.2) is 21.9 Å². The zero-order valence-electron chi connectivity index (χ0n) is 9.14. The Morgan fingerprint density at radius 2 is 2.19 bits per heavy atom. The minimum absolute atomic E-state index is 0.403. The topological polar surface area (TPSA) is 39.9 Å². The molecule has 4 nitrogen and oxygen atoms in total. The Labute approximate surface area is 98.8 Å². The molecule has 0 aliphatic heterocycles. The van der Waals surface area contributed by atoms with Crippen molar-refractivity contribution in [2.45, 2.75) is 13.5 Å². The number of benzene rings is 1. The zero-order chi connectivity index (χ0) is 11.5. The van der Waals surface area contributed by atoms with E-state index in [9.17, 15) is 0 Å². The van der Waals surface area contributed by atoms with Crippen molar-refractivity contribution in [1.82, 2.24) is 14.8 Å². The van der Waals surface area contributed by atoms with E-state index in [1.54, 1.807) is 7.11 Å². The lowest BCUT2D eigenvalue weighted by atomic mass is 10.2. The number of hydrogen-bond donors (Lipinski definition) is 0. The van der Waals surface area contributed by atoms with Crippen molar-refractivity contribution in [1.29, 1.82) is 0 Å². The normalized spacial score (nSPS) is 10.4. The van der Waals surface area contributed by atoms with E-state index < -0.39 is 0 Å². The molecule has 1 heterocycles. The standard InChI is InChI=1S/C11H12ClN3O/c1-8-13-14-11(12)15(8)7-9-4-3-5-10(6-9)16-2/h3-6H,7H2,1-2H3. The van der Waals surface area contributed by atoms with Crippen LogP contribution in [0.15, 0.2) is 24.3 Å². The van der Waals surface area contributed by atoms with Crippen molar-refractivity contribution < 1.29 is 4.74 Å². The van der Waals surface area contributed by atoms with Crippen LogP contribution >= 0.6 is 11.6 Å². The average Bonchev–Trinajstić information content (AvgIpc) is 2.61. The van der Waals surface area contributed by atoms with Gasteiger partial charge in [0.2, 0.25) is 5.28 Å². The first-order valence-corrected chi connectivity index (χ1v) is 5.26. The van der Waals surface area contributed by atoms with Crippen molar-refractivity contribution in [2.75, 3.05) is 7.11 Å². The molecule has 0 N–H and O–H groups in total. The summed E-state index contributed by atoms with van der Waals surface area (Å²) in [4.78, 5) is 0. The van der Waals surface area contributed by atoms with Gasteiger partial charge in [-0.1, -0.05) is 12.1 Å². The number of rotatable bonds is 3. The number of halogens is 1. The molecule has 1 aromatic carbocycles. The smallest absolute Gasteiger partial charge is 0.225 e. The fraction of sp³-hybridized carbons (Fsp3) is 0.273. The maximum absolute atomic E-state index is 5.93. The van der Waals surface area contributed by atoms with E-state index in [-0.39, 0.29) is 0 Å². The predicted octanol–water partition coefficient (Wildman–Crippen LogP) is 2.30. The quantitative estimate of drug-likeness (QED) is 0.823. The third-order valence-electron chi connectivity index (χ3n) is 2.37. The Bertz CT molecular complexity index is 476. The van der Waals surface area contributed by atoms with Crippen molar-refractivity contribution >= 4 is 11.6 Å². The van der Waals surface area contributed by atoms with Gasteiger partial charge >= 0.3 is 0 Å². The molecular formula is C11H12ClN3O. The van der Waals surface area contributed by atoms with Crippen molar-refractivity contribution in [3.63, 3.8) is 0 Å². The Kier molecular flexibility index (Phi) is 3.10. The summed E-state index contributed by atoms with van der Waals surface area (Å²) in [5.74, 6) is 1.63. The molecular weight excluding hydrogens is 226 g/mol. The second-order valence-corrected chi connectivity index (χ2v) is 3.79. The van der Waals surface area contributed by atoms with Crippen LogP contribution < -0.4 is 4.74 Å². The molecule has 0 atom stereocenters. The van der Waals surface area contributed by atoms with E-state index in [0.29, 0.717) is 11.8 Å². The van der Waals surface area contributed by atoms with E-state index in [4.69, 9.17) is 16.3 Å². The summed E-state index contributed by atoms with van der Waals surface area (Å²) < 4.78 is 7.00. The Balaban J connectivity index is 2.27. The third-order valence-corrected chi connectivity index (χ3v) is 2.65. The van der Waals surface area contributed by atoms with Crippen LogP contribution in [0.1, 0.15) is 11.4 Å². The van der Waals surface area contributed by atoms with Crippen LogP contribution in [0.25, 0.3) is 0 Å². The summed E-state index contributed by atoms with van der Waals surface area (Å²) in [6.07, 6.45) is 0. The van der Waals surface area contributed by atoms with Gasteiger partial charge in [-0.15, -0.1) is 10.2 Å². The highest BCUT2D eigenvalue weighted by molar-refractivity contribution is 6.28. The summed E-state index contributed by atoms with van der Waals surface area (Å²) in [5, 5.41) is 8.11. The van der Waals surface area contributed by atoms with Crippen LogP contribution in [0.3, 0.4) is 0 Å². The molecule has 0 unspecified atom stereocenters. The Morgan fingerprint density at radius 3 is 2.81 bits per heavy atom. The lowest BCUT2D eigenvalue weighted by Gasteiger charge is -2.07. The van der Waals surface area contributed by atoms with E-state index in [0.717, 1.165) is 17.1 Å². The minimum Gasteiger partial charge on any atom is -0.497 e. The first-order valence-electron chi connectivity index (χ1n) is 4.89. The van der Waals surface area contributed by atoms with E-state index >= 15 is 0 Å². The largest absolute Gasteiger partial charge is 0.497 e. The highest BCUT2D eigenvalue weighted by Crippen LogP contribution is 2.16. The first kappa shape index (κ1) is 11.0. The van der Waals surface area contributed by atoms with Gasteiger partial charge in [0, 0.05) is 0 Å². The first-order chi connectivity index (χ1) is 7.70. The molecule has 84 valence electrons. The second kappa shape index (κ2) is 4.53. The molecule has 0 amide bonds. The molecule has 0 fully saturated rings. The van der Waals surface area contributed by atoms with Gasteiger partial charge in [0.25, 0.3) is 0 Å². The summed E-state index contributed by atoms with van der Waals surface area (Å²) >= 11 is 5.93. The molecule has 0 saturated heterocycles. The molecule has 5 heteroatoms. The molecule has 1 aromatic heterocycles. The summed E-state index contributed by atoms with van der Waals surface area (Å²) in [5.41, 5.74) is 1.10.